The summed E-state index contributed by atoms with van der Waals surface area (Å²) >= 11 is 5.83. The minimum absolute atomic E-state index is 0.0877. The van der Waals surface area contributed by atoms with E-state index in [-0.39, 0.29) is 28.2 Å². The van der Waals surface area contributed by atoms with Crippen molar-refractivity contribution in [3.05, 3.63) is 39.2 Å². The summed E-state index contributed by atoms with van der Waals surface area (Å²) in [6.07, 6.45) is 0. The molecule has 1 amide bonds. The van der Waals surface area contributed by atoms with E-state index in [1.54, 1.807) is 0 Å². The Bertz CT molecular complexity index is 655. The molecule has 19 heavy (non-hydrogen) atoms. The van der Waals surface area contributed by atoms with E-state index in [9.17, 15) is 14.9 Å². The predicted octanol–water partition coefficient (Wildman–Crippen LogP) is 1.20. The number of non-ortho nitro benzene ring substituents is 1. The van der Waals surface area contributed by atoms with Crippen molar-refractivity contribution in [1.82, 2.24) is 15.2 Å². The summed E-state index contributed by atoms with van der Waals surface area (Å²) in [6.45, 7) is 0. The molecule has 98 valence electrons. The lowest BCUT2D eigenvalue weighted by Gasteiger charge is -2.04. The molecule has 0 spiro atoms. The van der Waals surface area contributed by atoms with Gasteiger partial charge in [-0.3, -0.25) is 20.0 Å². The van der Waals surface area contributed by atoms with Crippen molar-refractivity contribution < 1.29 is 9.72 Å². The van der Waals surface area contributed by atoms with Crippen LogP contribution in [-0.2, 0) is 0 Å². The molecule has 0 saturated heterocycles. The zero-order valence-electron chi connectivity index (χ0n) is 9.25. The van der Waals surface area contributed by atoms with E-state index >= 15 is 0 Å². The first-order valence-corrected chi connectivity index (χ1v) is 5.28. The van der Waals surface area contributed by atoms with Crippen molar-refractivity contribution in [3.8, 4) is 0 Å². The Morgan fingerprint density at radius 3 is 2.84 bits per heavy atom. The fourth-order valence-corrected chi connectivity index (χ4v) is 1.45. The molecule has 0 bridgehead atoms. The average molecular weight is 283 g/mol. The topological polar surface area (TPSA) is 140 Å². The number of nitrogens with two attached hydrogens (primary N) is 1. The van der Waals surface area contributed by atoms with Crippen LogP contribution in [0.2, 0.25) is 5.02 Å². The van der Waals surface area contributed by atoms with Gasteiger partial charge in [-0.25, -0.2) is 0 Å². The molecule has 4 N–H and O–H groups in total. The fraction of sp³-hybridized carbons (Fsp3) is 0. The first-order chi connectivity index (χ1) is 8.97. The number of nitrogens with one attached hydrogen (secondary N) is 2. The van der Waals surface area contributed by atoms with Gasteiger partial charge in [0, 0.05) is 12.1 Å². The third kappa shape index (κ3) is 2.77. The highest BCUT2D eigenvalue weighted by Gasteiger charge is 2.15. The molecule has 1 aromatic heterocycles. The van der Waals surface area contributed by atoms with Crippen LogP contribution in [0.25, 0.3) is 0 Å². The van der Waals surface area contributed by atoms with Crippen LogP contribution in [-0.4, -0.2) is 26.0 Å². The molecule has 1 heterocycles. The van der Waals surface area contributed by atoms with Gasteiger partial charge in [-0.05, 0) is 6.07 Å². The number of nitrogen functional groups attached to an aromatic ring is 1. The second-order valence-electron chi connectivity index (χ2n) is 3.42. The zero-order chi connectivity index (χ0) is 14.0. The summed E-state index contributed by atoms with van der Waals surface area (Å²) in [6, 6.07) is 3.68. The number of carbonyl (C=O) groups is 1. The Balaban J connectivity index is 2.25. The molecule has 10 heteroatoms. The Morgan fingerprint density at radius 1 is 1.53 bits per heavy atom. The summed E-state index contributed by atoms with van der Waals surface area (Å²) in [5.41, 5.74) is 5.15. The third-order valence-corrected chi connectivity index (χ3v) is 2.46. The first-order valence-electron chi connectivity index (χ1n) is 4.90. The van der Waals surface area contributed by atoms with E-state index in [2.05, 4.69) is 20.5 Å². The van der Waals surface area contributed by atoms with Crippen molar-refractivity contribution >= 4 is 34.8 Å². The van der Waals surface area contributed by atoms with E-state index < -0.39 is 10.8 Å². The Morgan fingerprint density at radius 2 is 2.26 bits per heavy atom. The number of hydrogen-bond acceptors (Lipinski definition) is 6. The molecule has 0 aliphatic rings. The summed E-state index contributed by atoms with van der Waals surface area (Å²) < 4.78 is 0. The number of nitro benzene ring substituents is 1. The van der Waals surface area contributed by atoms with Crippen LogP contribution in [0.5, 0.6) is 0 Å². The second-order valence-corrected chi connectivity index (χ2v) is 3.82. The van der Waals surface area contributed by atoms with E-state index in [1.165, 1.54) is 12.1 Å². The SMILES string of the molecule is Nc1n[nH]c(C(=O)Nc2cc([N+](=O)[O-])ccc2Cl)n1. The molecule has 2 aromatic rings. The molecule has 2 rings (SSSR count). The van der Waals surface area contributed by atoms with Gasteiger partial charge in [-0.2, -0.15) is 4.98 Å². The third-order valence-electron chi connectivity index (χ3n) is 2.13. The molecular formula is C9H7ClN6O3. The summed E-state index contributed by atoms with van der Waals surface area (Å²) in [7, 11) is 0. The van der Waals surface area contributed by atoms with Gasteiger partial charge in [0.1, 0.15) is 0 Å². The van der Waals surface area contributed by atoms with Crippen molar-refractivity contribution in [2.75, 3.05) is 11.1 Å². The summed E-state index contributed by atoms with van der Waals surface area (Å²) in [5, 5.41) is 19.0. The number of benzene rings is 1. The van der Waals surface area contributed by atoms with Crippen molar-refractivity contribution in [2.24, 2.45) is 0 Å². The van der Waals surface area contributed by atoms with Gasteiger partial charge in [0.15, 0.2) is 0 Å². The number of anilines is 2. The van der Waals surface area contributed by atoms with E-state index in [1.807, 2.05) is 0 Å². The maximum absolute atomic E-state index is 11.7. The number of hydrogen-bond donors (Lipinski definition) is 3. The van der Waals surface area contributed by atoms with Crippen LogP contribution < -0.4 is 11.1 Å². The monoisotopic (exact) mass is 282 g/mol. The van der Waals surface area contributed by atoms with Gasteiger partial charge in [-0.1, -0.05) is 11.6 Å². The average Bonchev–Trinajstić information content (AvgIpc) is 2.78. The Labute approximate surface area is 110 Å². The lowest BCUT2D eigenvalue weighted by atomic mass is 10.2. The van der Waals surface area contributed by atoms with E-state index in [0.29, 0.717) is 0 Å². The van der Waals surface area contributed by atoms with Crippen molar-refractivity contribution in [1.29, 1.82) is 0 Å². The minimum atomic E-state index is -0.661. The second kappa shape index (κ2) is 4.90. The normalized spacial score (nSPS) is 10.2. The molecule has 0 aliphatic carbocycles. The van der Waals surface area contributed by atoms with Gasteiger partial charge in [-0.15, -0.1) is 5.10 Å². The highest BCUT2D eigenvalue weighted by molar-refractivity contribution is 6.34. The Kier molecular flexibility index (Phi) is 3.29. The molecule has 0 aliphatic heterocycles. The lowest BCUT2D eigenvalue weighted by molar-refractivity contribution is -0.384. The Hall–Kier alpha value is -2.68. The quantitative estimate of drug-likeness (QED) is 0.571. The standard InChI is InChI=1S/C9H7ClN6O3/c10-5-2-1-4(16(18)19)3-6(5)12-8(17)7-13-9(11)15-14-7/h1-3H,(H,12,17)(H3,11,13,14,15). The minimum Gasteiger partial charge on any atom is -0.366 e. The molecule has 1 aromatic carbocycles. The number of aromatic nitrogens is 3. The molecule has 0 atom stereocenters. The zero-order valence-corrected chi connectivity index (χ0v) is 10.0. The maximum Gasteiger partial charge on any atom is 0.293 e. The molecule has 9 nitrogen and oxygen atoms in total. The highest BCUT2D eigenvalue weighted by atomic mass is 35.5. The van der Waals surface area contributed by atoms with E-state index in [4.69, 9.17) is 17.3 Å². The van der Waals surface area contributed by atoms with Gasteiger partial charge in [0.25, 0.3) is 11.6 Å². The first kappa shape index (κ1) is 12.8. The van der Waals surface area contributed by atoms with Crippen LogP contribution in [0.3, 0.4) is 0 Å². The lowest BCUT2D eigenvalue weighted by Crippen LogP contribution is -2.14. The molecule has 0 radical (unpaired) electrons. The molecular weight excluding hydrogens is 276 g/mol. The fourth-order valence-electron chi connectivity index (χ4n) is 1.28. The largest absolute Gasteiger partial charge is 0.366 e. The maximum atomic E-state index is 11.7. The van der Waals surface area contributed by atoms with Gasteiger partial charge in [0.05, 0.1) is 15.6 Å². The number of aromatic amines is 1. The number of halogens is 1. The number of nitro groups is 1. The molecule has 0 saturated carbocycles. The smallest absolute Gasteiger partial charge is 0.293 e. The van der Waals surface area contributed by atoms with Crippen molar-refractivity contribution in [2.45, 2.75) is 0 Å². The molecule has 0 fully saturated rings. The van der Waals surface area contributed by atoms with Gasteiger partial charge >= 0.3 is 0 Å². The number of carbonyl (C=O) groups excluding carboxylic acids is 1. The van der Waals surface area contributed by atoms with Crippen LogP contribution >= 0.6 is 11.6 Å². The van der Waals surface area contributed by atoms with Crippen LogP contribution in [0.15, 0.2) is 18.2 Å². The van der Waals surface area contributed by atoms with Crippen LogP contribution in [0.1, 0.15) is 10.6 Å². The number of H-pyrrole nitrogens is 1. The molecule has 0 unspecified atom stereocenters. The van der Waals surface area contributed by atoms with Crippen LogP contribution in [0.4, 0.5) is 17.3 Å². The van der Waals surface area contributed by atoms with Gasteiger partial charge < -0.3 is 11.1 Å². The number of rotatable bonds is 3. The summed E-state index contributed by atoms with van der Waals surface area (Å²) in [5.74, 6) is -0.873. The van der Waals surface area contributed by atoms with E-state index in [0.717, 1.165) is 6.07 Å². The van der Waals surface area contributed by atoms with Gasteiger partial charge in [0.2, 0.25) is 11.8 Å². The highest BCUT2D eigenvalue weighted by Crippen LogP contribution is 2.26. The summed E-state index contributed by atoms with van der Waals surface area (Å²) in [4.78, 5) is 25.4. The predicted molar refractivity (Wildman–Crippen MR) is 66.9 cm³/mol. The number of amides is 1. The van der Waals surface area contributed by atoms with Crippen LogP contribution in [0, 0.1) is 10.1 Å². The van der Waals surface area contributed by atoms with Crippen molar-refractivity contribution in [3.63, 3.8) is 0 Å². The number of nitrogens with zero attached hydrogens (tertiary/aromatic N) is 3.